The van der Waals surface area contributed by atoms with Crippen LogP contribution < -0.4 is 0 Å². The second-order valence-corrected chi connectivity index (χ2v) is 6.44. The highest BCUT2D eigenvalue weighted by molar-refractivity contribution is 5.76. The molecule has 110 valence electrons. The summed E-state index contributed by atoms with van der Waals surface area (Å²) in [6, 6.07) is 0.148. The SMILES string of the molecule is CC(C1CC1)N(C)C(=O)N(CCC(=O)O)C(C)(C)C. The van der Waals surface area contributed by atoms with E-state index in [2.05, 4.69) is 6.92 Å². The second kappa shape index (κ2) is 5.80. The van der Waals surface area contributed by atoms with Gasteiger partial charge in [0.2, 0.25) is 0 Å². The van der Waals surface area contributed by atoms with Gasteiger partial charge in [0.15, 0.2) is 0 Å². The van der Waals surface area contributed by atoms with Crippen molar-refractivity contribution in [2.45, 2.75) is 58.5 Å². The number of carbonyl (C=O) groups is 2. The molecule has 19 heavy (non-hydrogen) atoms. The van der Waals surface area contributed by atoms with Crippen LogP contribution in [-0.2, 0) is 4.79 Å². The lowest BCUT2D eigenvalue weighted by Gasteiger charge is -2.39. The van der Waals surface area contributed by atoms with Gasteiger partial charge < -0.3 is 14.9 Å². The molecule has 0 aliphatic heterocycles. The summed E-state index contributed by atoms with van der Waals surface area (Å²) < 4.78 is 0. The van der Waals surface area contributed by atoms with Crippen LogP contribution in [0, 0.1) is 5.92 Å². The topological polar surface area (TPSA) is 60.9 Å². The number of rotatable bonds is 5. The molecule has 1 saturated carbocycles. The van der Waals surface area contributed by atoms with Crippen molar-refractivity contribution >= 4 is 12.0 Å². The highest BCUT2D eigenvalue weighted by Crippen LogP contribution is 2.35. The number of nitrogens with zero attached hydrogens (tertiary/aromatic N) is 2. The first-order valence-corrected chi connectivity index (χ1v) is 6.91. The van der Waals surface area contributed by atoms with Gasteiger partial charge >= 0.3 is 12.0 Å². The molecule has 0 saturated heterocycles. The largest absolute Gasteiger partial charge is 0.481 e. The number of urea groups is 1. The quantitative estimate of drug-likeness (QED) is 0.834. The molecule has 0 radical (unpaired) electrons. The van der Waals surface area contributed by atoms with Gasteiger partial charge in [0.1, 0.15) is 0 Å². The van der Waals surface area contributed by atoms with E-state index in [0.29, 0.717) is 5.92 Å². The van der Waals surface area contributed by atoms with Crippen molar-refractivity contribution in [2.24, 2.45) is 5.92 Å². The smallest absolute Gasteiger partial charge is 0.320 e. The van der Waals surface area contributed by atoms with Crippen LogP contribution in [0.3, 0.4) is 0 Å². The minimum Gasteiger partial charge on any atom is -0.481 e. The third-order valence-corrected chi connectivity index (χ3v) is 3.81. The summed E-state index contributed by atoms with van der Waals surface area (Å²) in [5, 5.41) is 8.80. The number of carbonyl (C=O) groups excluding carboxylic acids is 1. The molecule has 0 aromatic rings. The highest BCUT2D eigenvalue weighted by Gasteiger charge is 2.36. The van der Waals surface area contributed by atoms with Crippen LogP contribution >= 0.6 is 0 Å². The Labute approximate surface area is 115 Å². The molecule has 0 aromatic heterocycles. The zero-order valence-corrected chi connectivity index (χ0v) is 12.6. The zero-order valence-electron chi connectivity index (χ0n) is 12.6. The Morgan fingerprint density at radius 1 is 1.32 bits per heavy atom. The Balaban J connectivity index is 2.72. The average Bonchev–Trinajstić information content (AvgIpc) is 3.08. The molecule has 5 heteroatoms. The van der Waals surface area contributed by atoms with Gasteiger partial charge in [-0.25, -0.2) is 4.79 Å². The summed E-state index contributed by atoms with van der Waals surface area (Å²) in [4.78, 5) is 26.7. The number of carboxylic acids is 1. The fourth-order valence-electron chi connectivity index (χ4n) is 2.18. The fourth-order valence-corrected chi connectivity index (χ4v) is 2.18. The molecule has 1 aliphatic carbocycles. The van der Waals surface area contributed by atoms with E-state index in [1.165, 1.54) is 12.8 Å². The van der Waals surface area contributed by atoms with Crippen LogP contribution in [0.4, 0.5) is 4.79 Å². The van der Waals surface area contributed by atoms with Crippen LogP contribution in [0.15, 0.2) is 0 Å². The predicted octanol–water partition coefficient (Wildman–Crippen LogP) is 2.41. The van der Waals surface area contributed by atoms with Gasteiger partial charge in [0.05, 0.1) is 6.42 Å². The van der Waals surface area contributed by atoms with Crippen molar-refractivity contribution in [1.29, 1.82) is 0 Å². The normalized spacial score (nSPS) is 16.9. The lowest BCUT2D eigenvalue weighted by molar-refractivity contribution is -0.137. The van der Waals surface area contributed by atoms with Crippen LogP contribution in [0.1, 0.15) is 47.0 Å². The maximum absolute atomic E-state index is 12.5. The minimum absolute atomic E-state index is 0.0192. The Bertz CT molecular complexity index is 345. The predicted molar refractivity (Wildman–Crippen MR) is 74.1 cm³/mol. The van der Waals surface area contributed by atoms with Gasteiger partial charge in [-0.05, 0) is 46.5 Å². The monoisotopic (exact) mass is 270 g/mol. The number of hydrogen-bond acceptors (Lipinski definition) is 2. The highest BCUT2D eigenvalue weighted by atomic mass is 16.4. The maximum Gasteiger partial charge on any atom is 0.320 e. The Morgan fingerprint density at radius 2 is 1.84 bits per heavy atom. The Morgan fingerprint density at radius 3 is 2.21 bits per heavy atom. The summed E-state index contributed by atoms with van der Waals surface area (Å²) in [7, 11) is 1.81. The first-order chi connectivity index (χ1) is 8.64. The molecule has 1 atom stereocenters. The summed E-state index contributed by atoms with van der Waals surface area (Å²) >= 11 is 0. The van der Waals surface area contributed by atoms with Crippen molar-refractivity contribution in [2.75, 3.05) is 13.6 Å². The third kappa shape index (κ3) is 4.40. The Hall–Kier alpha value is -1.26. The first-order valence-electron chi connectivity index (χ1n) is 6.91. The van der Waals surface area contributed by atoms with Gasteiger partial charge in [-0.1, -0.05) is 0 Å². The van der Waals surface area contributed by atoms with Gasteiger partial charge in [-0.2, -0.15) is 0 Å². The number of amides is 2. The molecule has 0 bridgehead atoms. The lowest BCUT2D eigenvalue weighted by atomic mass is 10.1. The van der Waals surface area contributed by atoms with Crippen molar-refractivity contribution in [1.82, 2.24) is 9.80 Å². The lowest BCUT2D eigenvalue weighted by Crippen LogP contribution is -2.53. The molecule has 1 N–H and O–H groups in total. The average molecular weight is 270 g/mol. The fraction of sp³-hybridized carbons (Fsp3) is 0.857. The van der Waals surface area contributed by atoms with Crippen LogP contribution in [-0.4, -0.2) is 52.1 Å². The van der Waals surface area contributed by atoms with Crippen molar-refractivity contribution < 1.29 is 14.7 Å². The van der Waals surface area contributed by atoms with Crippen molar-refractivity contribution in [3.63, 3.8) is 0 Å². The number of hydrogen-bond donors (Lipinski definition) is 1. The Kier molecular flexibility index (Phi) is 4.82. The molecule has 0 spiro atoms. The standard InChI is InChI=1S/C14H26N2O3/c1-10(11-6-7-11)15(5)13(19)16(14(2,3)4)9-8-12(17)18/h10-11H,6-9H2,1-5H3,(H,17,18). The van der Waals surface area contributed by atoms with Gasteiger partial charge in [0, 0.05) is 25.2 Å². The van der Waals surface area contributed by atoms with Gasteiger partial charge in [0.25, 0.3) is 0 Å². The summed E-state index contributed by atoms with van der Waals surface area (Å²) in [6.07, 6.45) is 2.35. The first kappa shape index (κ1) is 15.8. The molecule has 5 nitrogen and oxygen atoms in total. The van der Waals surface area contributed by atoms with Crippen LogP contribution in [0.2, 0.25) is 0 Å². The van der Waals surface area contributed by atoms with E-state index in [-0.39, 0.29) is 30.6 Å². The van der Waals surface area contributed by atoms with E-state index in [1.807, 2.05) is 27.8 Å². The van der Waals surface area contributed by atoms with Gasteiger partial charge in [-0.15, -0.1) is 0 Å². The summed E-state index contributed by atoms with van der Waals surface area (Å²) in [6.45, 7) is 8.11. The van der Waals surface area contributed by atoms with Crippen molar-refractivity contribution in [3.8, 4) is 0 Å². The van der Waals surface area contributed by atoms with E-state index in [0.717, 1.165) is 0 Å². The molecule has 1 unspecified atom stereocenters. The van der Waals surface area contributed by atoms with Gasteiger partial charge in [-0.3, -0.25) is 4.79 Å². The van der Waals surface area contributed by atoms with Crippen LogP contribution in [0.5, 0.6) is 0 Å². The van der Waals surface area contributed by atoms with Crippen molar-refractivity contribution in [3.05, 3.63) is 0 Å². The molecule has 1 rings (SSSR count). The van der Waals surface area contributed by atoms with E-state index in [4.69, 9.17) is 5.11 Å². The van der Waals surface area contributed by atoms with E-state index >= 15 is 0 Å². The molecule has 1 fully saturated rings. The van der Waals surface area contributed by atoms with Crippen LogP contribution in [0.25, 0.3) is 0 Å². The minimum atomic E-state index is -0.875. The number of carboxylic acid groups (broad SMARTS) is 1. The third-order valence-electron chi connectivity index (χ3n) is 3.81. The molecule has 0 heterocycles. The molecular weight excluding hydrogens is 244 g/mol. The second-order valence-electron chi connectivity index (χ2n) is 6.44. The van der Waals surface area contributed by atoms with E-state index < -0.39 is 5.97 Å². The molecule has 0 aromatic carbocycles. The molecular formula is C14H26N2O3. The van der Waals surface area contributed by atoms with E-state index in [9.17, 15) is 9.59 Å². The molecule has 1 aliphatic rings. The summed E-state index contributed by atoms with van der Waals surface area (Å²) in [5.41, 5.74) is -0.371. The summed E-state index contributed by atoms with van der Waals surface area (Å²) in [5.74, 6) is -0.268. The molecule has 2 amide bonds. The number of aliphatic carboxylic acids is 1. The maximum atomic E-state index is 12.5. The zero-order chi connectivity index (χ0) is 14.8. The van der Waals surface area contributed by atoms with E-state index in [1.54, 1.807) is 9.80 Å².